The second-order valence-electron chi connectivity index (χ2n) is 6.18. The molecule has 1 aromatic rings. The molecule has 0 amide bonds. The fraction of sp³-hybridized carbons (Fsp3) is 0.647. The average Bonchev–Trinajstić information content (AvgIpc) is 2.93. The number of halogens is 1. The first kappa shape index (κ1) is 16.6. The van der Waals surface area contributed by atoms with Gasteiger partial charge in [0.05, 0.1) is 6.61 Å². The van der Waals surface area contributed by atoms with Crippen molar-refractivity contribution >= 4 is 12.4 Å². The van der Waals surface area contributed by atoms with Gasteiger partial charge in [0.25, 0.3) is 0 Å². The van der Waals surface area contributed by atoms with Gasteiger partial charge in [-0.1, -0.05) is 12.1 Å². The molecule has 118 valence electrons. The van der Waals surface area contributed by atoms with Gasteiger partial charge in [-0.2, -0.15) is 0 Å². The summed E-state index contributed by atoms with van der Waals surface area (Å²) < 4.78 is 5.57. The lowest BCUT2D eigenvalue weighted by Gasteiger charge is -2.32. The van der Waals surface area contributed by atoms with Crippen LogP contribution >= 0.6 is 12.4 Å². The van der Waals surface area contributed by atoms with Crippen molar-refractivity contribution in [2.75, 3.05) is 32.8 Å². The highest BCUT2D eigenvalue weighted by atomic mass is 35.5. The third-order valence-corrected chi connectivity index (χ3v) is 4.65. The maximum Gasteiger partial charge on any atom is 0.122 e. The zero-order chi connectivity index (χ0) is 13.8. The number of nitrogens with zero attached hydrogens (tertiary/aromatic N) is 1. The van der Waals surface area contributed by atoms with Crippen LogP contribution in [-0.2, 0) is 12.8 Å². The van der Waals surface area contributed by atoms with Crippen molar-refractivity contribution in [3.05, 3.63) is 29.3 Å². The van der Waals surface area contributed by atoms with Crippen molar-refractivity contribution < 1.29 is 4.74 Å². The predicted octanol–water partition coefficient (Wildman–Crippen LogP) is 2.65. The van der Waals surface area contributed by atoms with Crippen LogP contribution in [0.3, 0.4) is 0 Å². The molecular formula is C17H27ClN2O. The lowest BCUT2D eigenvalue weighted by atomic mass is 9.94. The fourth-order valence-corrected chi connectivity index (χ4v) is 3.51. The van der Waals surface area contributed by atoms with Gasteiger partial charge in [-0.15, -0.1) is 12.4 Å². The Kier molecular flexibility index (Phi) is 6.34. The van der Waals surface area contributed by atoms with Crippen molar-refractivity contribution in [1.82, 2.24) is 4.90 Å². The molecule has 1 unspecified atom stereocenters. The second-order valence-corrected chi connectivity index (χ2v) is 6.18. The molecule has 2 aliphatic heterocycles. The lowest BCUT2D eigenvalue weighted by Crippen LogP contribution is -2.37. The average molecular weight is 311 g/mol. The Morgan fingerprint density at radius 3 is 3.10 bits per heavy atom. The third kappa shape index (κ3) is 4.35. The quantitative estimate of drug-likeness (QED) is 0.908. The zero-order valence-corrected chi connectivity index (χ0v) is 13.5. The van der Waals surface area contributed by atoms with E-state index in [1.54, 1.807) is 0 Å². The molecule has 1 aromatic carbocycles. The molecule has 4 heteroatoms. The number of ether oxygens (including phenoxy) is 1. The van der Waals surface area contributed by atoms with Gasteiger partial charge in [0.15, 0.2) is 0 Å². The summed E-state index contributed by atoms with van der Waals surface area (Å²) in [5.74, 6) is 1.91. The van der Waals surface area contributed by atoms with Crippen LogP contribution in [0.1, 0.15) is 30.4 Å². The Labute approximate surface area is 134 Å². The van der Waals surface area contributed by atoms with Crippen LogP contribution < -0.4 is 10.5 Å². The van der Waals surface area contributed by atoms with Crippen molar-refractivity contribution in [1.29, 1.82) is 0 Å². The maximum atomic E-state index is 5.69. The summed E-state index contributed by atoms with van der Waals surface area (Å²) in [4.78, 5) is 2.62. The topological polar surface area (TPSA) is 38.5 Å². The van der Waals surface area contributed by atoms with Crippen LogP contribution in [0.25, 0.3) is 0 Å². The number of piperidine rings is 1. The van der Waals surface area contributed by atoms with Crippen LogP contribution in [0.15, 0.2) is 18.2 Å². The summed E-state index contributed by atoms with van der Waals surface area (Å²) in [6, 6.07) is 6.71. The Morgan fingerprint density at radius 1 is 1.33 bits per heavy atom. The lowest BCUT2D eigenvalue weighted by molar-refractivity contribution is 0.172. The molecule has 3 nitrogen and oxygen atoms in total. The van der Waals surface area contributed by atoms with Crippen LogP contribution in [-0.4, -0.2) is 37.7 Å². The molecule has 1 atom stereocenters. The number of fused-ring (bicyclic) bond motifs is 1. The summed E-state index contributed by atoms with van der Waals surface area (Å²) >= 11 is 0. The molecule has 21 heavy (non-hydrogen) atoms. The SMILES string of the molecule is Cl.NCCC1CCCN(CCc2ccc3c(c2)CCO3)C1. The number of hydrogen-bond acceptors (Lipinski definition) is 3. The molecule has 2 aliphatic rings. The number of nitrogens with two attached hydrogens (primary N) is 1. The van der Waals surface area contributed by atoms with Gasteiger partial charge < -0.3 is 15.4 Å². The van der Waals surface area contributed by atoms with Gasteiger partial charge in [0.2, 0.25) is 0 Å². The Balaban J connectivity index is 0.00000161. The molecule has 0 aromatic heterocycles. The molecule has 0 aliphatic carbocycles. The van der Waals surface area contributed by atoms with E-state index in [4.69, 9.17) is 10.5 Å². The van der Waals surface area contributed by atoms with E-state index in [0.29, 0.717) is 0 Å². The van der Waals surface area contributed by atoms with E-state index < -0.39 is 0 Å². The molecule has 0 spiro atoms. The highest BCUT2D eigenvalue weighted by Gasteiger charge is 2.19. The number of benzene rings is 1. The van der Waals surface area contributed by atoms with E-state index in [0.717, 1.165) is 37.7 Å². The monoisotopic (exact) mass is 310 g/mol. The molecule has 0 saturated carbocycles. The van der Waals surface area contributed by atoms with E-state index in [-0.39, 0.29) is 12.4 Å². The Morgan fingerprint density at radius 2 is 2.24 bits per heavy atom. The Hall–Kier alpha value is -0.770. The van der Waals surface area contributed by atoms with Crippen LogP contribution in [0.4, 0.5) is 0 Å². The van der Waals surface area contributed by atoms with E-state index in [1.807, 2.05) is 0 Å². The molecule has 1 saturated heterocycles. The minimum atomic E-state index is 0. The third-order valence-electron chi connectivity index (χ3n) is 4.65. The molecular weight excluding hydrogens is 284 g/mol. The molecule has 0 radical (unpaired) electrons. The van der Waals surface area contributed by atoms with Crippen LogP contribution in [0.2, 0.25) is 0 Å². The molecule has 1 fully saturated rings. The largest absolute Gasteiger partial charge is 0.493 e. The number of hydrogen-bond donors (Lipinski definition) is 1. The second kappa shape index (κ2) is 8.02. The fourth-order valence-electron chi connectivity index (χ4n) is 3.51. The predicted molar refractivity (Wildman–Crippen MR) is 89.4 cm³/mol. The standard InChI is InChI=1S/C17H26N2O.ClH/c18-8-5-15-2-1-9-19(13-15)10-6-14-3-4-17-16(12-14)7-11-20-17;/h3-4,12,15H,1-2,5-11,13,18H2;1H. The van der Waals surface area contributed by atoms with Gasteiger partial charge in [-0.05, 0) is 61.9 Å². The summed E-state index contributed by atoms with van der Waals surface area (Å²) in [6.45, 7) is 5.37. The summed E-state index contributed by atoms with van der Waals surface area (Å²) in [7, 11) is 0. The molecule has 0 bridgehead atoms. The number of likely N-dealkylation sites (tertiary alicyclic amines) is 1. The van der Waals surface area contributed by atoms with Gasteiger partial charge in [0.1, 0.15) is 5.75 Å². The first-order chi connectivity index (χ1) is 9.85. The summed E-state index contributed by atoms with van der Waals surface area (Å²) in [5.41, 5.74) is 8.54. The Bertz CT molecular complexity index is 450. The first-order valence-corrected chi connectivity index (χ1v) is 8.02. The molecule has 2 heterocycles. The maximum absolute atomic E-state index is 5.69. The summed E-state index contributed by atoms with van der Waals surface area (Å²) in [5, 5.41) is 0. The van der Waals surface area contributed by atoms with Gasteiger partial charge in [0, 0.05) is 19.5 Å². The summed E-state index contributed by atoms with van der Waals surface area (Å²) in [6.07, 6.45) is 6.12. The van der Waals surface area contributed by atoms with E-state index in [1.165, 1.54) is 50.0 Å². The van der Waals surface area contributed by atoms with Gasteiger partial charge in [-0.25, -0.2) is 0 Å². The van der Waals surface area contributed by atoms with Gasteiger partial charge >= 0.3 is 0 Å². The van der Waals surface area contributed by atoms with Crippen molar-refractivity contribution in [3.63, 3.8) is 0 Å². The smallest absolute Gasteiger partial charge is 0.122 e. The molecule has 3 rings (SSSR count). The van der Waals surface area contributed by atoms with Crippen molar-refractivity contribution in [2.45, 2.75) is 32.1 Å². The minimum Gasteiger partial charge on any atom is -0.493 e. The zero-order valence-electron chi connectivity index (χ0n) is 12.7. The number of rotatable bonds is 5. The highest BCUT2D eigenvalue weighted by molar-refractivity contribution is 5.85. The van der Waals surface area contributed by atoms with Crippen molar-refractivity contribution in [2.24, 2.45) is 11.7 Å². The van der Waals surface area contributed by atoms with Crippen LogP contribution in [0.5, 0.6) is 5.75 Å². The molecule has 2 N–H and O–H groups in total. The van der Waals surface area contributed by atoms with E-state index in [9.17, 15) is 0 Å². The van der Waals surface area contributed by atoms with E-state index >= 15 is 0 Å². The minimum absolute atomic E-state index is 0. The normalized spacial score (nSPS) is 21.5. The van der Waals surface area contributed by atoms with Crippen molar-refractivity contribution in [3.8, 4) is 5.75 Å². The van der Waals surface area contributed by atoms with Gasteiger partial charge in [-0.3, -0.25) is 0 Å². The van der Waals surface area contributed by atoms with Crippen LogP contribution in [0, 0.1) is 5.92 Å². The van der Waals surface area contributed by atoms with E-state index in [2.05, 4.69) is 23.1 Å². The highest BCUT2D eigenvalue weighted by Crippen LogP contribution is 2.26. The first-order valence-electron chi connectivity index (χ1n) is 8.02.